The minimum atomic E-state index is -0.467. The van der Waals surface area contributed by atoms with Gasteiger partial charge >= 0.3 is 0 Å². The first-order chi connectivity index (χ1) is 30.3. The Morgan fingerprint density at radius 2 is 0.984 bits per heavy atom. The van der Waals surface area contributed by atoms with Crippen LogP contribution >= 0.6 is 11.8 Å². The average molecular weight is 794 g/mol. The molecule has 9 aromatic carbocycles. The van der Waals surface area contributed by atoms with Crippen LogP contribution in [0.2, 0.25) is 0 Å². The van der Waals surface area contributed by atoms with Crippen LogP contribution in [0.25, 0.3) is 83.3 Å². The van der Waals surface area contributed by atoms with Gasteiger partial charge in [0.25, 0.3) is 0 Å². The Labute approximate surface area is 357 Å². The number of nitrogens with zero attached hydrogens (tertiary/aromatic N) is 3. The summed E-state index contributed by atoms with van der Waals surface area (Å²) in [7, 11) is 0. The lowest BCUT2D eigenvalue weighted by Gasteiger charge is -2.40. The first-order valence-electron chi connectivity index (χ1n) is 20.8. The van der Waals surface area contributed by atoms with Crippen LogP contribution in [0.3, 0.4) is 0 Å². The summed E-state index contributed by atoms with van der Waals surface area (Å²) in [5, 5.41) is 4.79. The molecule has 0 atom stereocenters. The topological polar surface area (TPSA) is 30.7 Å². The summed E-state index contributed by atoms with van der Waals surface area (Å²) < 4.78 is 2.54. The molecule has 0 saturated heterocycles. The van der Waals surface area contributed by atoms with Gasteiger partial charge in [-0.15, -0.1) is 0 Å². The van der Waals surface area contributed by atoms with E-state index in [1.54, 1.807) is 0 Å². The van der Waals surface area contributed by atoms with Crippen molar-refractivity contribution in [3.63, 3.8) is 0 Å². The van der Waals surface area contributed by atoms with Gasteiger partial charge in [-0.2, -0.15) is 0 Å². The van der Waals surface area contributed by atoms with Gasteiger partial charge in [0.1, 0.15) is 0 Å². The van der Waals surface area contributed by atoms with E-state index in [1.807, 2.05) is 36.0 Å². The van der Waals surface area contributed by atoms with Gasteiger partial charge in [0.2, 0.25) is 0 Å². The van der Waals surface area contributed by atoms with Gasteiger partial charge in [0, 0.05) is 42.6 Å². The third-order valence-electron chi connectivity index (χ3n) is 12.9. The summed E-state index contributed by atoms with van der Waals surface area (Å²) in [5.74, 6) is 0.709. The summed E-state index contributed by atoms with van der Waals surface area (Å²) in [5.41, 5.74) is 16.0. The summed E-state index contributed by atoms with van der Waals surface area (Å²) in [6.45, 7) is 0. The zero-order chi connectivity index (χ0) is 40.1. The Kier molecular flexibility index (Phi) is 7.45. The van der Waals surface area contributed by atoms with Crippen molar-refractivity contribution >= 4 is 44.3 Å². The van der Waals surface area contributed by atoms with E-state index in [-0.39, 0.29) is 0 Å². The Bertz CT molecular complexity index is 3470. The quantitative estimate of drug-likeness (QED) is 0.178. The van der Waals surface area contributed by atoms with E-state index in [9.17, 15) is 0 Å². The second-order valence-corrected chi connectivity index (χ2v) is 17.1. The Morgan fingerprint density at radius 1 is 0.393 bits per heavy atom. The summed E-state index contributed by atoms with van der Waals surface area (Å²) in [6.07, 6.45) is 0. The molecule has 13 rings (SSSR count). The predicted molar refractivity (Wildman–Crippen MR) is 252 cm³/mol. The maximum atomic E-state index is 5.28. The Morgan fingerprint density at radius 3 is 1.74 bits per heavy atom. The van der Waals surface area contributed by atoms with Crippen molar-refractivity contribution in [2.45, 2.75) is 15.2 Å². The van der Waals surface area contributed by atoms with Crippen LogP contribution < -0.4 is 0 Å². The largest absolute Gasteiger partial charge is 0.307 e. The van der Waals surface area contributed by atoms with Gasteiger partial charge in [-0.3, -0.25) is 0 Å². The molecule has 0 radical (unpaired) electrons. The van der Waals surface area contributed by atoms with Crippen molar-refractivity contribution in [1.29, 1.82) is 0 Å². The number of hydrogen-bond acceptors (Lipinski definition) is 3. The van der Waals surface area contributed by atoms with Gasteiger partial charge in [0.15, 0.2) is 5.82 Å². The monoisotopic (exact) mass is 793 g/mol. The molecule has 284 valence electrons. The molecule has 2 aliphatic rings. The van der Waals surface area contributed by atoms with Gasteiger partial charge in [-0.1, -0.05) is 200 Å². The summed E-state index contributed by atoms with van der Waals surface area (Å²) >= 11 is 1.91. The highest BCUT2D eigenvalue weighted by molar-refractivity contribution is 7.99. The minimum Gasteiger partial charge on any atom is -0.307 e. The lowest BCUT2D eigenvalue weighted by atomic mass is 9.67. The molecule has 3 nitrogen and oxygen atoms in total. The van der Waals surface area contributed by atoms with Crippen LogP contribution in [0.4, 0.5) is 0 Å². The van der Waals surface area contributed by atoms with Gasteiger partial charge in [-0.05, 0) is 63.0 Å². The molecule has 0 fully saturated rings. The smallest absolute Gasteiger partial charge is 0.160 e. The minimum absolute atomic E-state index is 0.467. The second-order valence-electron chi connectivity index (χ2n) is 16.0. The highest BCUT2D eigenvalue weighted by Gasteiger charge is 2.50. The third kappa shape index (κ3) is 4.88. The molecule has 4 heteroatoms. The maximum absolute atomic E-state index is 5.28. The molecule has 2 aromatic heterocycles. The van der Waals surface area contributed by atoms with Gasteiger partial charge in [0.05, 0.1) is 33.5 Å². The molecule has 0 bridgehead atoms. The summed E-state index contributed by atoms with van der Waals surface area (Å²) in [6, 6.07) is 77.2. The van der Waals surface area contributed by atoms with E-state index in [1.165, 1.54) is 65.0 Å². The molecule has 11 aromatic rings. The highest BCUT2D eigenvalue weighted by Crippen LogP contribution is 2.63. The third-order valence-corrected chi connectivity index (χ3v) is 14.1. The van der Waals surface area contributed by atoms with Crippen molar-refractivity contribution in [1.82, 2.24) is 14.5 Å². The number of benzene rings is 9. The zero-order valence-electron chi connectivity index (χ0n) is 33.0. The van der Waals surface area contributed by atoms with E-state index in [0.29, 0.717) is 5.82 Å². The van der Waals surface area contributed by atoms with Crippen LogP contribution in [0.5, 0.6) is 0 Å². The molecular weight excluding hydrogens is 759 g/mol. The van der Waals surface area contributed by atoms with Crippen molar-refractivity contribution in [2.75, 3.05) is 0 Å². The van der Waals surface area contributed by atoms with Crippen LogP contribution in [0, 0.1) is 0 Å². The van der Waals surface area contributed by atoms with E-state index >= 15 is 0 Å². The van der Waals surface area contributed by atoms with Crippen molar-refractivity contribution < 1.29 is 0 Å². The molecule has 0 N–H and O–H groups in total. The number of rotatable bonds is 4. The fourth-order valence-electron chi connectivity index (χ4n) is 10.4. The van der Waals surface area contributed by atoms with E-state index in [0.717, 1.165) is 44.5 Å². The molecule has 1 aliphatic heterocycles. The molecule has 0 saturated carbocycles. The maximum Gasteiger partial charge on any atom is 0.160 e. The normalized spacial score (nSPS) is 13.3. The lowest BCUT2D eigenvalue weighted by Crippen LogP contribution is -2.32. The fraction of sp³-hybridized carbons (Fsp3) is 0.0175. The molecule has 0 amide bonds. The average Bonchev–Trinajstić information content (AvgIpc) is 3.83. The number of aromatic nitrogens is 3. The number of hydrogen-bond donors (Lipinski definition) is 0. The van der Waals surface area contributed by atoms with Crippen LogP contribution in [0.15, 0.2) is 222 Å². The summed E-state index contributed by atoms with van der Waals surface area (Å²) in [4.78, 5) is 13.0. The molecule has 1 spiro atoms. The van der Waals surface area contributed by atoms with E-state index in [2.05, 4.69) is 193 Å². The molecule has 0 unspecified atom stereocenters. The van der Waals surface area contributed by atoms with Gasteiger partial charge in [-0.25, -0.2) is 9.97 Å². The van der Waals surface area contributed by atoms with Crippen molar-refractivity contribution in [2.24, 2.45) is 0 Å². The molecule has 3 heterocycles. The first kappa shape index (κ1) is 34.3. The molecule has 61 heavy (non-hydrogen) atoms. The lowest BCUT2D eigenvalue weighted by molar-refractivity contribution is 0.724. The van der Waals surface area contributed by atoms with Gasteiger partial charge < -0.3 is 4.57 Å². The van der Waals surface area contributed by atoms with Crippen LogP contribution in [-0.2, 0) is 5.41 Å². The number of para-hydroxylation sites is 1. The second kappa shape index (κ2) is 13.2. The SMILES string of the molecule is c1ccc(-c2cc(-c3ccc(-n4c5ccccc5c5ccc6c(c54)Sc4ccccc4C64c5ccccc5-c5ccccc54)c4ccccc34)nc(-c3ccccc3)n2)cc1. The van der Waals surface area contributed by atoms with Crippen molar-refractivity contribution in [3.8, 4) is 50.7 Å². The standard InChI is InChI=1S/C57H35N3S/c1-3-17-36(18-4-1)49-35-50(59-56(58-49)37-19-5-2-6-20-37)41-32-34-52(42-24-8-7-21-38(41)42)60-51-29-15-11-25-43(51)44-31-33-48-55(54(44)60)61-53-30-16-14-28-47(53)57(48)45-26-12-9-22-39(45)40-23-10-13-27-46(40)57/h1-35H. The first-order valence-corrected chi connectivity index (χ1v) is 21.6. The number of fused-ring (bicyclic) bond motifs is 14. The fourth-order valence-corrected chi connectivity index (χ4v) is 11.7. The van der Waals surface area contributed by atoms with Crippen LogP contribution in [-0.4, -0.2) is 14.5 Å². The predicted octanol–water partition coefficient (Wildman–Crippen LogP) is 14.6. The Balaban J connectivity index is 1.10. The molecular formula is C57H35N3S. The molecule has 1 aliphatic carbocycles. The highest BCUT2D eigenvalue weighted by atomic mass is 32.2. The van der Waals surface area contributed by atoms with Crippen LogP contribution in [0.1, 0.15) is 22.3 Å². The zero-order valence-corrected chi connectivity index (χ0v) is 33.8. The van der Waals surface area contributed by atoms with Crippen molar-refractivity contribution in [3.05, 3.63) is 235 Å². The van der Waals surface area contributed by atoms with E-state index < -0.39 is 5.41 Å². The van der Waals surface area contributed by atoms with E-state index in [4.69, 9.17) is 9.97 Å². The Hall–Kier alpha value is -7.53.